The van der Waals surface area contributed by atoms with Gasteiger partial charge >= 0.3 is 0 Å². The van der Waals surface area contributed by atoms with Gasteiger partial charge in [-0.3, -0.25) is 14.9 Å². The van der Waals surface area contributed by atoms with E-state index in [1.54, 1.807) is 12.4 Å². The van der Waals surface area contributed by atoms with Gasteiger partial charge in [-0.15, -0.1) is 0 Å². The third-order valence-corrected chi connectivity index (χ3v) is 2.62. The van der Waals surface area contributed by atoms with E-state index in [1.165, 1.54) is 0 Å². The molecule has 1 saturated heterocycles. The fourth-order valence-electron chi connectivity index (χ4n) is 1.86. The van der Waals surface area contributed by atoms with Crippen LogP contribution in [0, 0.1) is 6.92 Å². The number of aryl methyl sites for hydroxylation is 1. The van der Waals surface area contributed by atoms with Crippen molar-refractivity contribution >= 4 is 0 Å². The van der Waals surface area contributed by atoms with Crippen LogP contribution < -0.4 is 0 Å². The van der Waals surface area contributed by atoms with E-state index in [4.69, 9.17) is 9.84 Å². The summed E-state index contributed by atoms with van der Waals surface area (Å²) in [5.74, 6) is 0. The lowest BCUT2D eigenvalue weighted by Crippen LogP contribution is -2.43. The summed E-state index contributed by atoms with van der Waals surface area (Å²) in [4.78, 5) is 10.8. The summed E-state index contributed by atoms with van der Waals surface area (Å²) in [6, 6.07) is 0. The summed E-state index contributed by atoms with van der Waals surface area (Å²) >= 11 is 0. The van der Waals surface area contributed by atoms with Gasteiger partial charge < -0.3 is 9.84 Å². The average molecular weight is 223 g/mol. The molecular formula is C11H17N3O2. The zero-order valence-electron chi connectivity index (χ0n) is 9.46. The molecule has 2 heterocycles. The van der Waals surface area contributed by atoms with Crippen LogP contribution in [0.3, 0.4) is 0 Å². The molecule has 1 aromatic rings. The van der Waals surface area contributed by atoms with E-state index in [0.29, 0.717) is 6.61 Å². The Hall–Kier alpha value is -1.04. The normalized spacial score (nSPS) is 22.2. The molecule has 0 amide bonds. The van der Waals surface area contributed by atoms with Crippen LogP contribution in [0.2, 0.25) is 0 Å². The smallest absolute Gasteiger partial charge is 0.0933 e. The summed E-state index contributed by atoms with van der Waals surface area (Å²) in [5.41, 5.74) is 1.91. The highest BCUT2D eigenvalue weighted by molar-refractivity contribution is 5.01. The number of hydrogen-bond acceptors (Lipinski definition) is 5. The van der Waals surface area contributed by atoms with Crippen molar-refractivity contribution < 1.29 is 9.84 Å². The molecule has 1 aromatic heterocycles. The number of nitrogens with zero attached hydrogens (tertiary/aromatic N) is 3. The van der Waals surface area contributed by atoms with Gasteiger partial charge in [-0.2, -0.15) is 0 Å². The van der Waals surface area contributed by atoms with E-state index in [0.717, 1.165) is 31.0 Å². The largest absolute Gasteiger partial charge is 0.394 e. The Morgan fingerprint density at radius 2 is 2.44 bits per heavy atom. The molecule has 16 heavy (non-hydrogen) atoms. The Morgan fingerprint density at radius 1 is 1.56 bits per heavy atom. The fourth-order valence-corrected chi connectivity index (χ4v) is 1.86. The summed E-state index contributed by atoms with van der Waals surface area (Å²) < 4.78 is 5.39. The molecule has 0 spiro atoms. The predicted octanol–water partition coefficient (Wildman–Crippen LogP) is -0.0219. The summed E-state index contributed by atoms with van der Waals surface area (Å²) in [7, 11) is 0. The molecule has 0 saturated carbocycles. The number of aliphatic hydroxyl groups excluding tert-OH is 1. The molecule has 1 aliphatic rings. The maximum Gasteiger partial charge on any atom is 0.0933 e. The quantitative estimate of drug-likeness (QED) is 0.780. The van der Waals surface area contributed by atoms with Crippen LogP contribution in [0.4, 0.5) is 0 Å². The van der Waals surface area contributed by atoms with Crippen molar-refractivity contribution in [2.24, 2.45) is 0 Å². The standard InChI is InChI=1S/C11H17N3O2/c1-9-4-12-5-10(13-9)6-14-2-3-16-11(7-14)8-15/h4-5,11,15H,2-3,6-8H2,1H3. The zero-order chi connectivity index (χ0) is 11.4. The highest BCUT2D eigenvalue weighted by Gasteiger charge is 2.19. The maximum atomic E-state index is 9.04. The molecule has 5 nitrogen and oxygen atoms in total. The van der Waals surface area contributed by atoms with Gasteiger partial charge in [0.2, 0.25) is 0 Å². The van der Waals surface area contributed by atoms with Gasteiger partial charge in [0.15, 0.2) is 0 Å². The molecule has 0 bridgehead atoms. The number of aliphatic hydroxyl groups is 1. The first-order valence-corrected chi connectivity index (χ1v) is 5.50. The molecule has 0 radical (unpaired) electrons. The molecule has 5 heteroatoms. The fraction of sp³-hybridized carbons (Fsp3) is 0.636. The number of ether oxygens (including phenoxy) is 1. The Kier molecular flexibility index (Phi) is 3.82. The molecule has 1 N–H and O–H groups in total. The minimum absolute atomic E-state index is 0.0634. The number of aromatic nitrogens is 2. The lowest BCUT2D eigenvalue weighted by molar-refractivity contribution is -0.0554. The number of morpholine rings is 1. The topological polar surface area (TPSA) is 58.5 Å². The van der Waals surface area contributed by atoms with E-state index >= 15 is 0 Å². The minimum Gasteiger partial charge on any atom is -0.394 e. The van der Waals surface area contributed by atoms with E-state index in [-0.39, 0.29) is 12.7 Å². The summed E-state index contributed by atoms with van der Waals surface area (Å²) in [6.45, 7) is 5.10. The zero-order valence-corrected chi connectivity index (χ0v) is 9.46. The first kappa shape index (κ1) is 11.4. The first-order valence-electron chi connectivity index (χ1n) is 5.50. The van der Waals surface area contributed by atoms with Gasteiger partial charge in [0.1, 0.15) is 0 Å². The van der Waals surface area contributed by atoms with Crippen molar-refractivity contribution in [3.63, 3.8) is 0 Å². The van der Waals surface area contributed by atoms with Gasteiger partial charge in [-0.1, -0.05) is 0 Å². The summed E-state index contributed by atoms with van der Waals surface area (Å²) in [6.07, 6.45) is 3.47. The van der Waals surface area contributed by atoms with Crippen molar-refractivity contribution in [2.75, 3.05) is 26.3 Å². The number of hydrogen-bond donors (Lipinski definition) is 1. The van der Waals surface area contributed by atoms with Gasteiger partial charge in [-0.25, -0.2) is 0 Å². The van der Waals surface area contributed by atoms with Gasteiger partial charge in [0.25, 0.3) is 0 Å². The predicted molar refractivity (Wildman–Crippen MR) is 58.9 cm³/mol. The second-order valence-corrected chi connectivity index (χ2v) is 4.06. The van der Waals surface area contributed by atoms with Crippen LogP contribution >= 0.6 is 0 Å². The van der Waals surface area contributed by atoms with E-state index in [1.807, 2.05) is 6.92 Å². The van der Waals surface area contributed by atoms with E-state index in [2.05, 4.69) is 14.9 Å². The van der Waals surface area contributed by atoms with E-state index < -0.39 is 0 Å². The maximum absolute atomic E-state index is 9.04. The van der Waals surface area contributed by atoms with Crippen molar-refractivity contribution in [3.8, 4) is 0 Å². The van der Waals surface area contributed by atoms with Crippen molar-refractivity contribution in [2.45, 2.75) is 19.6 Å². The molecule has 1 aliphatic heterocycles. The van der Waals surface area contributed by atoms with Crippen molar-refractivity contribution in [1.29, 1.82) is 0 Å². The molecule has 0 aliphatic carbocycles. The SMILES string of the molecule is Cc1cncc(CN2CCOC(CO)C2)n1. The monoisotopic (exact) mass is 223 g/mol. The van der Waals surface area contributed by atoms with Crippen molar-refractivity contribution in [1.82, 2.24) is 14.9 Å². The number of rotatable bonds is 3. The van der Waals surface area contributed by atoms with Crippen molar-refractivity contribution in [3.05, 3.63) is 23.8 Å². The Bertz CT molecular complexity index is 346. The highest BCUT2D eigenvalue weighted by atomic mass is 16.5. The molecule has 88 valence electrons. The van der Waals surface area contributed by atoms with Crippen LogP contribution in [0.25, 0.3) is 0 Å². The average Bonchev–Trinajstić information content (AvgIpc) is 2.29. The lowest BCUT2D eigenvalue weighted by atomic mass is 10.2. The van der Waals surface area contributed by atoms with Gasteiger partial charge in [-0.05, 0) is 6.92 Å². The third kappa shape index (κ3) is 2.98. The van der Waals surface area contributed by atoms with Gasteiger partial charge in [0.05, 0.1) is 30.7 Å². The molecule has 1 unspecified atom stereocenters. The molecule has 2 rings (SSSR count). The summed E-state index contributed by atoms with van der Waals surface area (Å²) in [5, 5.41) is 9.04. The minimum atomic E-state index is -0.0634. The third-order valence-electron chi connectivity index (χ3n) is 2.62. The molecule has 0 aromatic carbocycles. The van der Waals surface area contributed by atoms with Crippen LogP contribution in [-0.4, -0.2) is 52.4 Å². The first-order chi connectivity index (χ1) is 7.78. The highest BCUT2D eigenvalue weighted by Crippen LogP contribution is 2.08. The van der Waals surface area contributed by atoms with Crippen LogP contribution in [0.5, 0.6) is 0 Å². The van der Waals surface area contributed by atoms with Crippen LogP contribution in [-0.2, 0) is 11.3 Å². The van der Waals surface area contributed by atoms with Gasteiger partial charge in [0, 0.05) is 32.0 Å². The lowest BCUT2D eigenvalue weighted by Gasteiger charge is -2.31. The van der Waals surface area contributed by atoms with E-state index in [9.17, 15) is 0 Å². The Balaban J connectivity index is 1.94. The molecular weight excluding hydrogens is 206 g/mol. The molecule has 1 atom stereocenters. The Morgan fingerprint density at radius 3 is 3.19 bits per heavy atom. The second-order valence-electron chi connectivity index (χ2n) is 4.06. The second kappa shape index (κ2) is 5.34. The Labute approximate surface area is 95.1 Å². The molecule has 1 fully saturated rings. The van der Waals surface area contributed by atoms with Crippen LogP contribution in [0.1, 0.15) is 11.4 Å². The van der Waals surface area contributed by atoms with Crippen LogP contribution in [0.15, 0.2) is 12.4 Å².